The van der Waals surface area contributed by atoms with E-state index in [0.29, 0.717) is 6.10 Å². The largest absolute Gasteiger partial charge is 0.380 e. The van der Waals surface area contributed by atoms with Gasteiger partial charge in [-0.15, -0.1) is 0 Å². The quantitative estimate of drug-likeness (QED) is 0.675. The van der Waals surface area contributed by atoms with E-state index in [1.165, 1.54) is 0 Å². The molecule has 1 atom stereocenters. The minimum absolute atomic E-state index is 0.200. The zero-order valence-electron chi connectivity index (χ0n) is 8.40. The Morgan fingerprint density at radius 1 is 1.36 bits per heavy atom. The molecule has 0 saturated carbocycles. The zero-order chi connectivity index (χ0) is 8.91. The molecule has 0 rings (SSSR count). The van der Waals surface area contributed by atoms with Gasteiger partial charge < -0.3 is 10.1 Å². The van der Waals surface area contributed by atoms with Crippen molar-refractivity contribution in [1.29, 1.82) is 0 Å². The normalized spacial score (nSPS) is 15.0. The summed E-state index contributed by atoms with van der Waals surface area (Å²) in [6.07, 6.45) is 1.42. The molecular weight excluding hydrogens is 138 g/mol. The summed E-state index contributed by atoms with van der Waals surface area (Å²) >= 11 is 0. The summed E-state index contributed by atoms with van der Waals surface area (Å²) in [5, 5.41) is 3.40. The van der Waals surface area contributed by atoms with Crippen molar-refractivity contribution in [1.82, 2.24) is 5.32 Å². The van der Waals surface area contributed by atoms with E-state index in [1.54, 1.807) is 7.11 Å². The lowest BCUT2D eigenvalue weighted by Crippen LogP contribution is -2.41. The van der Waals surface area contributed by atoms with E-state index in [1.807, 2.05) is 0 Å². The molecule has 0 aliphatic carbocycles. The standard InChI is InChI=1S/C9H21NO/c1-6-8(11-5)7-10-9(2,3)4/h8,10H,6-7H2,1-5H3. The van der Waals surface area contributed by atoms with Crippen LogP contribution in [0.4, 0.5) is 0 Å². The van der Waals surface area contributed by atoms with Crippen molar-refractivity contribution in [2.24, 2.45) is 0 Å². The van der Waals surface area contributed by atoms with Gasteiger partial charge in [0.1, 0.15) is 0 Å². The van der Waals surface area contributed by atoms with Gasteiger partial charge in [0.15, 0.2) is 0 Å². The Kier molecular flexibility index (Phi) is 4.69. The highest BCUT2D eigenvalue weighted by molar-refractivity contribution is 4.72. The average Bonchev–Trinajstić information content (AvgIpc) is 1.88. The fourth-order valence-corrected chi connectivity index (χ4v) is 0.814. The summed E-state index contributed by atoms with van der Waals surface area (Å²) in [5.74, 6) is 0. The topological polar surface area (TPSA) is 21.3 Å². The monoisotopic (exact) mass is 159 g/mol. The second-order valence-electron chi connectivity index (χ2n) is 3.90. The van der Waals surface area contributed by atoms with E-state index in [0.717, 1.165) is 13.0 Å². The molecule has 2 heteroatoms. The summed E-state index contributed by atoms with van der Waals surface area (Å²) in [6.45, 7) is 9.56. The summed E-state index contributed by atoms with van der Waals surface area (Å²) in [6, 6.07) is 0. The Hall–Kier alpha value is -0.0800. The number of nitrogens with one attached hydrogen (secondary N) is 1. The highest BCUT2D eigenvalue weighted by Gasteiger charge is 2.11. The first-order valence-electron chi connectivity index (χ1n) is 4.27. The lowest BCUT2D eigenvalue weighted by Gasteiger charge is -2.23. The van der Waals surface area contributed by atoms with E-state index in [2.05, 4.69) is 33.0 Å². The van der Waals surface area contributed by atoms with E-state index in [4.69, 9.17) is 4.74 Å². The molecule has 1 N–H and O–H groups in total. The third kappa shape index (κ3) is 6.32. The van der Waals surface area contributed by atoms with Crippen LogP contribution in [0.5, 0.6) is 0 Å². The van der Waals surface area contributed by atoms with Gasteiger partial charge in [-0.2, -0.15) is 0 Å². The van der Waals surface area contributed by atoms with Crippen LogP contribution in [0.15, 0.2) is 0 Å². The number of rotatable bonds is 4. The molecule has 0 heterocycles. The van der Waals surface area contributed by atoms with Gasteiger partial charge in [-0.05, 0) is 27.2 Å². The van der Waals surface area contributed by atoms with Crippen molar-refractivity contribution in [3.63, 3.8) is 0 Å². The van der Waals surface area contributed by atoms with Crippen LogP contribution in [-0.4, -0.2) is 25.3 Å². The highest BCUT2D eigenvalue weighted by atomic mass is 16.5. The molecule has 0 aromatic rings. The Balaban J connectivity index is 3.51. The predicted octanol–water partition coefficient (Wildman–Crippen LogP) is 1.80. The fourth-order valence-electron chi connectivity index (χ4n) is 0.814. The molecule has 0 bridgehead atoms. The van der Waals surface area contributed by atoms with Crippen molar-refractivity contribution in [2.75, 3.05) is 13.7 Å². The molecule has 68 valence electrons. The molecule has 0 amide bonds. The third-order valence-electron chi connectivity index (χ3n) is 1.65. The summed E-state index contributed by atoms with van der Waals surface area (Å²) < 4.78 is 5.23. The average molecular weight is 159 g/mol. The maximum absolute atomic E-state index is 5.23. The summed E-state index contributed by atoms with van der Waals surface area (Å²) in [7, 11) is 1.76. The van der Waals surface area contributed by atoms with Gasteiger partial charge in [0.2, 0.25) is 0 Å². The zero-order valence-corrected chi connectivity index (χ0v) is 8.40. The Labute approximate surface area is 70.3 Å². The molecule has 11 heavy (non-hydrogen) atoms. The van der Waals surface area contributed by atoms with E-state index >= 15 is 0 Å². The number of ether oxygens (including phenoxy) is 1. The van der Waals surface area contributed by atoms with Crippen molar-refractivity contribution in [2.45, 2.75) is 45.8 Å². The molecule has 0 radical (unpaired) electrons. The Morgan fingerprint density at radius 2 is 1.91 bits per heavy atom. The minimum atomic E-state index is 0.200. The van der Waals surface area contributed by atoms with Gasteiger partial charge in [0.25, 0.3) is 0 Å². The predicted molar refractivity (Wildman–Crippen MR) is 48.8 cm³/mol. The second-order valence-corrected chi connectivity index (χ2v) is 3.90. The lowest BCUT2D eigenvalue weighted by molar-refractivity contribution is 0.0926. The molecule has 1 unspecified atom stereocenters. The van der Waals surface area contributed by atoms with Crippen LogP contribution >= 0.6 is 0 Å². The van der Waals surface area contributed by atoms with Crippen molar-refractivity contribution in [3.8, 4) is 0 Å². The van der Waals surface area contributed by atoms with Gasteiger partial charge in [-0.1, -0.05) is 6.92 Å². The lowest BCUT2D eigenvalue weighted by atomic mass is 10.1. The highest BCUT2D eigenvalue weighted by Crippen LogP contribution is 2.01. The smallest absolute Gasteiger partial charge is 0.0693 e. The Morgan fingerprint density at radius 3 is 2.18 bits per heavy atom. The van der Waals surface area contributed by atoms with E-state index in [-0.39, 0.29) is 5.54 Å². The van der Waals surface area contributed by atoms with Crippen LogP contribution in [0.3, 0.4) is 0 Å². The fraction of sp³-hybridized carbons (Fsp3) is 1.00. The number of hydrogen-bond acceptors (Lipinski definition) is 2. The summed E-state index contributed by atoms with van der Waals surface area (Å²) in [4.78, 5) is 0. The number of hydrogen-bond donors (Lipinski definition) is 1. The van der Waals surface area contributed by atoms with Gasteiger partial charge in [0, 0.05) is 19.2 Å². The SMILES string of the molecule is CCC(CNC(C)(C)C)OC. The second kappa shape index (κ2) is 4.73. The van der Waals surface area contributed by atoms with Gasteiger partial charge in [-0.3, -0.25) is 0 Å². The first-order chi connectivity index (χ1) is 4.99. The summed E-state index contributed by atoms with van der Waals surface area (Å²) in [5.41, 5.74) is 0.200. The molecule has 0 fully saturated rings. The number of methoxy groups -OCH3 is 1. The van der Waals surface area contributed by atoms with Gasteiger partial charge >= 0.3 is 0 Å². The molecule has 2 nitrogen and oxygen atoms in total. The molecule has 0 spiro atoms. The minimum Gasteiger partial charge on any atom is -0.380 e. The van der Waals surface area contributed by atoms with Gasteiger partial charge in [-0.25, -0.2) is 0 Å². The maximum atomic E-state index is 5.23. The molecule has 0 aromatic heterocycles. The molecule has 0 aliphatic rings. The van der Waals surface area contributed by atoms with Crippen LogP contribution in [-0.2, 0) is 4.74 Å². The van der Waals surface area contributed by atoms with Crippen molar-refractivity contribution >= 4 is 0 Å². The molecule has 0 saturated heterocycles. The van der Waals surface area contributed by atoms with Crippen LogP contribution in [0.1, 0.15) is 34.1 Å². The van der Waals surface area contributed by atoms with E-state index < -0.39 is 0 Å². The first-order valence-corrected chi connectivity index (χ1v) is 4.27. The van der Waals surface area contributed by atoms with Crippen LogP contribution in [0.2, 0.25) is 0 Å². The molecule has 0 aromatic carbocycles. The third-order valence-corrected chi connectivity index (χ3v) is 1.65. The maximum Gasteiger partial charge on any atom is 0.0693 e. The molecule has 0 aliphatic heterocycles. The van der Waals surface area contributed by atoms with Crippen LogP contribution < -0.4 is 5.32 Å². The van der Waals surface area contributed by atoms with Crippen LogP contribution in [0, 0.1) is 0 Å². The van der Waals surface area contributed by atoms with Crippen molar-refractivity contribution in [3.05, 3.63) is 0 Å². The van der Waals surface area contributed by atoms with Crippen molar-refractivity contribution < 1.29 is 4.74 Å². The Bertz CT molecular complexity index is 92.2. The molecular formula is C9H21NO. The van der Waals surface area contributed by atoms with E-state index in [9.17, 15) is 0 Å². The first kappa shape index (κ1) is 10.9. The van der Waals surface area contributed by atoms with Crippen LogP contribution in [0.25, 0.3) is 0 Å². The van der Waals surface area contributed by atoms with Gasteiger partial charge in [0.05, 0.1) is 6.10 Å².